The summed E-state index contributed by atoms with van der Waals surface area (Å²) < 4.78 is 0. The van der Waals surface area contributed by atoms with Crippen LogP contribution in [-0.2, 0) is 0 Å². The summed E-state index contributed by atoms with van der Waals surface area (Å²) in [7, 11) is 0. The van der Waals surface area contributed by atoms with Gasteiger partial charge in [-0.2, -0.15) is 0 Å². The molecule has 12 rings (SSSR count). The number of aryl methyl sites for hydroxylation is 14. The van der Waals surface area contributed by atoms with Crippen LogP contribution in [0, 0.1) is 152 Å². The molecule has 12 heteroatoms. The van der Waals surface area contributed by atoms with Crippen molar-refractivity contribution in [3.8, 4) is 87.8 Å². The first kappa shape index (κ1) is 61.5. The summed E-state index contributed by atoms with van der Waals surface area (Å²) in [6.07, 6.45) is 0. The van der Waals surface area contributed by atoms with E-state index in [0.29, 0.717) is 0 Å². The van der Waals surface area contributed by atoms with Crippen molar-refractivity contribution in [3.63, 3.8) is 0 Å². The molecule has 0 spiro atoms. The average molecular weight is 1300 g/mol. The Morgan fingerprint density at radius 1 is 0.159 bits per heavy atom. The molecule has 0 bridgehead atoms. The predicted octanol–water partition coefficient (Wildman–Crippen LogP) is 27.6. The van der Waals surface area contributed by atoms with Crippen LogP contribution in [0.25, 0.3) is 87.8 Å². The molecule has 0 N–H and O–H groups in total. The molecule has 0 saturated carbocycles. The minimum Gasteiger partial charge on any atom is -0.139 e. The van der Waals surface area contributed by atoms with E-state index in [-0.39, 0.29) is 0 Å². The van der Waals surface area contributed by atoms with Crippen molar-refractivity contribution in [2.75, 3.05) is 0 Å². The Hall–Kier alpha value is -3.60. The first-order valence-corrected chi connectivity index (χ1v) is 37.6. The first-order valence-electron chi connectivity index (χ1n) is 27.8. The van der Waals surface area contributed by atoms with Crippen LogP contribution in [0.1, 0.15) is 118 Å². The van der Waals surface area contributed by atoms with Crippen molar-refractivity contribution in [2.24, 2.45) is 0 Å². The van der Waals surface area contributed by atoms with E-state index in [4.69, 9.17) is 0 Å². The highest BCUT2D eigenvalue weighted by Gasteiger charge is 2.26. The molecule has 0 unspecified atom stereocenters. The standard InChI is InChI=1S/C26H30S4.2C22H22S4/c1-11-13(3)21(27-19(11)9)23-15(5)17(7)25(29-23)26-18(8)16(6)24(30-26)22-14(4)12(2)20(10)28-22;1-11-8-17(24-16(11)6)21-13(3)10-19(26-21)22-14(4)9-18(25-22)20-12(2)7-15(5)23-20;1-11-7-15(5)23-19(11)21-13(3)9-17(25-21)18-10-14(4)22(26-18)20-12(2)8-16(6)24-20/h1-10H3;2*7-10H,1-6H3. The van der Waals surface area contributed by atoms with Gasteiger partial charge in [0.25, 0.3) is 0 Å². The Morgan fingerprint density at radius 3 is 0.683 bits per heavy atom. The van der Waals surface area contributed by atoms with Gasteiger partial charge in [-0.1, -0.05) is 0 Å². The van der Waals surface area contributed by atoms with Crippen LogP contribution >= 0.6 is 136 Å². The van der Waals surface area contributed by atoms with Gasteiger partial charge in [-0.15, -0.1) is 136 Å². The monoisotopic (exact) mass is 1300 g/mol. The third-order valence-corrected chi connectivity index (χ3v) is 32.7. The van der Waals surface area contributed by atoms with Crippen molar-refractivity contribution in [1.82, 2.24) is 0 Å². The van der Waals surface area contributed by atoms with Gasteiger partial charge in [-0.3, -0.25) is 0 Å². The molecule has 0 aliphatic rings. The number of thiophene rings is 12. The van der Waals surface area contributed by atoms with Crippen molar-refractivity contribution in [3.05, 3.63) is 167 Å². The van der Waals surface area contributed by atoms with Gasteiger partial charge < -0.3 is 0 Å². The second-order valence-electron chi connectivity index (χ2n) is 22.4. The molecule has 12 aromatic heterocycles. The molecule has 0 nitrogen and oxygen atoms in total. The van der Waals surface area contributed by atoms with Gasteiger partial charge in [0.15, 0.2) is 0 Å². The zero-order valence-corrected chi connectivity index (χ0v) is 61.3. The lowest BCUT2D eigenvalue weighted by molar-refractivity contribution is 1.34. The van der Waals surface area contributed by atoms with E-state index in [2.05, 4.69) is 201 Å². The second-order valence-corrected chi connectivity index (χ2v) is 36.2. The fourth-order valence-corrected chi connectivity index (χ4v) is 26.2. The van der Waals surface area contributed by atoms with Crippen molar-refractivity contribution in [1.29, 1.82) is 0 Å². The Labute approximate surface area is 537 Å². The zero-order valence-electron chi connectivity index (χ0n) is 51.5. The summed E-state index contributed by atoms with van der Waals surface area (Å²) in [6, 6.07) is 18.7. The topological polar surface area (TPSA) is 0 Å². The SMILES string of the molecule is Cc1cc(C)c(-c2cc(C)c(-c3cc(C)c(-c4cc(C)c(C)s4)s3)s2)s1.Cc1cc(C)c(-c2sc(-c3cc(C)c(-c4sc(C)cc4C)s3)cc2C)s1.Cc1sc(-c2sc(-c3sc(-c4sc(C)c(C)c4C)c(C)c3C)c(C)c2C)c(C)c1C. The highest BCUT2D eigenvalue weighted by atomic mass is 32.1. The minimum absolute atomic E-state index is 1.39. The summed E-state index contributed by atoms with van der Waals surface area (Å²) >= 11 is 23.3. The zero-order chi connectivity index (χ0) is 59.2. The minimum atomic E-state index is 1.39. The summed E-state index contributed by atoms with van der Waals surface area (Å²) in [5, 5.41) is 0. The molecule has 0 fully saturated rings. The first-order chi connectivity index (χ1) is 38.7. The maximum Gasteiger partial charge on any atom is 0.0484 e. The Balaban J connectivity index is 0.000000138. The molecule has 0 radical (unpaired) electrons. The van der Waals surface area contributed by atoms with E-state index >= 15 is 0 Å². The van der Waals surface area contributed by atoms with Gasteiger partial charge >= 0.3 is 0 Å². The molecule has 12 heterocycles. The van der Waals surface area contributed by atoms with E-state index in [1.165, 1.54) is 206 Å². The van der Waals surface area contributed by atoms with Gasteiger partial charge in [0.1, 0.15) is 0 Å². The molecule has 0 aromatic carbocycles. The number of hydrogen-bond acceptors (Lipinski definition) is 12. The van der Waals surface area contributed by atoms with Crippen LogP contribution < -0.4 is 0 Å². The molecule has 0 aliphatic carbocycles. The van der Waals surface area contributed by atoms with Gasteiger partial charge in [0, 0.05) is 117 Å². The Bertz CT molecular complexity index is 4150. The summed E-state index contributed by atoms with van der Waals surface area (Å²) in [5.41, 5.74) is 22.8. The second kappa shape index (κ2) is 24.3. The molecular formula is C70H74S12. The van der Waals surface area contributed by atoms with E-state index < -0.39 is 0 Å². The van der Waals surface area contributed by atoms with Crippen LogP contribution in [-0.4, -0.2) is 0 Å². The van der Waals surface area contributed by atoms with Crippen LogP contribution in [0.4, 0.5) is 0 Å². The highest BCUT2D eigenvalue weighted by molar-refractivity contribution is 7.31. The predicted molar refractivity (Wildman–Crippen MR) is 387 cm³/mol. The summed E-state index contributed by atoms with van der Waals surface area (Å²) in [6.45, 7) is 49.5. The molecule has 82 heavy (non-hydrogen) atoms. The molecule has 12 aromatic rings. The largest absolute Gasteiger partial charge is 0.139 e. The van der Waals surface area contributed by atoms with E-state index in [9.17, 15) is 0 Å². The van der Waals surface area contributed by atoms with Crippen LogP contribution in [0.2, 0.25) is 0 Å². The third-order valence-electron chi connectivity index (χ3n) is 16.2. The van der Waals surface area contributed by atoms with Gasteiger partial charge in [-0.25, -0.2) is 0 Å². The quantitative estimate of drug-likeness (QED) is 0.135. The Kier molecular flexibility index (Phi) is 18.2. The van der Waals surface area contributed by atoms with Crippen LogP contribution in [0.3, 0.4) is 0 Å². The summed E-state index contributed by atoms with van der Waals surface area (Å²) in [4.78, 5) is 34.3. The molecule has 0 saturated heterocycles. The van der Waals surface area contributed by atoms with Gasteiger partial charge in [0.05, 0.1) is 0 Å². The van der Waals surface area contributed by atoms with Crippen LogP contribution in [0.15, 0.2) is 48.5 Å². The highest BCUT2D eigenvalue weighted by Crippen LogP contribution is 2.54. The molecule has 0 amide bonds. The number of hydrogen-bond donors (Lipinski definition) is 0. The maximum absolute atomic E-state index is 2.37. The molecular weight excluding hydrogens is 1230 g/mol. The fraction of sp³-hybridized carbons (Fsp3) is 0.314. The lowest BCUT2D eigenvalue weighted by atomic mass is 10.0. The summed E-state index contributed by atoms with van der Waals surface area (Å²) in [5.74, 6) is 0. The lowest BCUT2D eigenvalue weighted by Gasteiger charge is -1.99. The Morgan fingerprint density at radius 2 is 0.390 bits per heavy atom. The maximum atomic E-state index is 2.37. The smallest absolute Gasteiger partial charge is 0.0484 e. The fourth-order valence-electron chi connectivity index (χ4n) is 10.6. The van der Waals surface area contributed by atoms with Gasteiger partial charge in [-0.05, 0) is 290 Å². The average Bonchev–Trinajstić information content (AvgIpc) is 3.74. The van der Waals surface area contributed by atoms with Gasteiger partial charge in [0.2, 0.25) is 0 Å². The van der Waals surface area contributed by atoms with Crippen LogP contribution in [0.5, 0.6) is 0 Å². The van der Waals surface area contributed by atoms with E-state index in [1.54, 1.807) is 0 Å². The molecule has 0 aliphatic heterocycles. The molecule has 0 atom stereocenters. The number of rotatable bonds is 9. The van der Waals surface area contributed by atoms with E-state index in [0.717, 1.165) is 0 Å². The van der Waals surface area contributed by atoms with Crippen molar-refractivity contribution >= 4 is 136 Å². The normalized spacial score (nSPS) is 11.5. The van der Waals surface area contributed by atoms with E-state index in [1.807, 2.05) is 136 Å². The van der Waals surface area contributed by atoms with Crippen molar-refractivity contribution in [2.45, 2.75) is 152 Å². The third kappa shape index (κ3) is 11.7. The molecule has 426 valence electrons. The van der Waals surface area contributed by atoms with Crippen molar-refractivity contribution < 1.29 is 0 Å². The lowest BCUT2D eigenvalue weighted by Crippen LogP contribution is -1.81.